The Bertz CT molecular complexity index is 8210. The first-order chi connectivity index (χ1) is 58.6. The van der Waals surface area contributed by atoms with Crippen molar-refractivity contribution in [1.82, 2.24) is 0 Å². The van der Waals surface area contributed by atoms with Gasteiger partial charge in [0.1, 0.15) is 22.3 Å². The van der Waals surface area contributed by atoms with Crippen LogP contribution in [0.15, 0.2) is 433 Å². The van der Waals surface area contributed by atoms with Gasteiger partial charge in [-0.2, -0.15) is 0 Å². The van der Waals surface area contributed by atoms with Crippen LogP contribution in [-0.4, -0.2) is 0 Å². The maximum atomic E-state index is 7.42. The van der Waals surface area contributed by atoms with Gasteiger partial charge in [-0.3, -0.25) is 0 Å². The summed E-state index contributed by atoms with van der Waals surface area (Å²) in [5.74, 6) is 0. The van der Waals surface area contributed by atoms with Crippen LogP contribution in [-0.2, 0) is 0 Å². The first-order valence-corrected chi connectivity index (χ1v) is 40.4. The summed E-state index contributed by atoms with van der Waals surface area (Å²) in [7, 11) is 0. The fraction of sp³-hybridized carbons (Fsp3) is 0. The van der Waals surface area contributed by atoms with Crippen molar-refractivity contribution in [3.05, 3.63) is 425 Å². The van der Waals surface area contributed by atoms with Gasteiger partial charge in [0.2, 0.25) is 0 Å². The molecule has 22 aromatic carbocycles. The number of hydrogen-bond donors (Lipinski definition) is 0. The Kier molecular flexibility index (Phi) is 15.3. The standard InChI is InChI=1S/C112H70N4O2/c1-4-37-76(38-5-1)113(100-59-29-34-71-31-10-14-44-81(71)100)104-67-96-97-68-105(88-50-20-25-55-93(88)110(97)117-109(96)92-54-24-19-49-87(92)104)114(101-60-30-35-72-32-11-15-45-82(72)101)79-63-61-73(62-64-79)83-58-28-36-75-66-103(86-48-18-23-53-91(86)108(75)83)116(78-41-8-3-9-42-78)107-70-99-98-69-106(89-51-21-26-56-94(89)111(98)118-112(99)95-57-27-22-52-90(95)107)115(77-39-6-2-7-40-77)102-65-74-33-12-13-43-80(74)84-46-16-17-47-85(84)102/h1-70H. The molecule has 0 N–H and O–H groups in total. The van der Waals surface area contributed by atoms with Crippen LogP contribution < -0.4 is 19.6 Å². The zero-order valence-corrected chi connectivity index (χ0v) is 64.0. The third-order valence-electron chi connectivity index (χ3n) is 24.4. The Morgan fingerprint density at radius 3 is 0.814 bits per heavy atom. The van der Waals surface area contributed by atoms with E-state index in [2.05, 4.69) is 444 Å². The van der Waals surface area contributed by atoms with Gasteiger partial charge in [-0.1, -0.05) is 328 Å². The quantitative estimate of drug-likeness (QED) is 0.107. The Morgan fingerprint density at radius 1 is 0.144 bits per heavy atom. The van der Waals surface area contributed by atoms with Gasteiger partial charge < -0.3 is 28.4 Å². The molecule has 24 rings (SSSR count). The predicted octanol–water partition coefficient (Wildman–Crippen LogP) is 32.6. The van der Waals surface area contributed by atoms with E-state index in [0.29, 0.717) is 0 Å². The maximum Gasteiger partial charge on any atom is 0.143 e. The summed E-state index contributed by atoms with van der Waals surface area (Å²) in [6.07, 6.45) is 0. The van der Waals surface area contributed by atoms with Crippen LogP contribution in [0.2, 0.25) is 0 Å². The maximum absolute atomic E-state index is 7.42. The molecule has 0 aliphatic rings. The average Bonchev–Trinajstić information content (AvgIpc) is 1.50. The number of hydrogen-bond acceptors (Lipinski definition) is 6. The summed E-state index contributed by atoms with van der Waals surface area (Å²) in [5.41, 5.74) is 18.4. The molecule has 0 saturated carbocycles. The first-order valence-electron chi connectivity index (χ1n) is 40.4. The molecule has 0 aliphatic carbocycles. The van der Waals surface area contributed by atoms with E-state index >= 15 is 0 Å². The lowest BCUT2D eigenvalue weighted by molar-refractivity contribution is 0.676. The highest BCUT2D eigenvalue weighted by atomic mass is 16.3. The normalized spacial score (nSPS) is 11.9. The van der Waals surface area contributed by atoms with E-state index in [9.17, 15) is 0 Å². The van der Waals surface area contributed by atoms with E-state index in [4.69, 9.17) is 8.83 Å². The summed E-state index contributed by atoms with van der Waals surface area (Å²) >= 11 is 0. The number of para-hydroxylation sites is 3. The highest BCUT2D eigenvalue weighted by Gasteiger charge is 2.30. The predicted molar refractivity (Wildman–Crippen MR) is 500 cm³/mol. The summed E-state index contributed by atoms with van der Waals surface area (Å²) < 4.78 is 14.8. The smallest absolute Gasteiger partial charge is 0.143 e. The number of fused-ring (bicyclic) bond motifs is 22. The van der Waals surface area contributed by atoms with Gasteiger partial charge in [-0.25, -0.2) is 0 Å². The molecule has 6 heteroatoms. The third kappa shape index (κ3) is 10.5. The molecule has 2 heterocycles. The Hall–Kier alpha value is -15.8. The van der Waals surface area contributed by atoms with E-state index in [0.717, 1.165) is 193 Å². The Balaban J connectivity index is 0.681. The van der Waals surface area contributed by atoms with Gasteiger partial charge in [0.25, 0.3) is 0 Å². The van der Waals surface area contributed by atoms with E-state index in [1.54, 1.807) is 0 Å². The summed E-state index contributed by atoms with van der Waals surface area (Å²) in [5, 5.41) is 26.6. The van der Waals surface area contributed by atoms with Gasteiger partial charge in [0, 0.05) is 109 Å². The largest absolute Gasteiger partial charge is 0.455 e. The molecular weight excluding hydrogens is 1430 g/mol. The lowest BCUT2D eigenvalue weighted by atomic mass is 9.92. The van der Waals surface area contributed by atoms with Gasteiger partial charge in [0.15, 0.2) is 0 Å². The number of benzene rings is 22. The van der Waals surface area contributed by atoms with Crippen LogP contribution >= 0.6 is 0 Å². The van der Waals surface area contributed by atoms with Crippen molar-refractivity contribution >= 4 is 220 Å². The zero-order chi connectivity index (χ0) is 77.5. The molecule has 0 radical (unpaired) electrons. The first kappa shape index (κ1) is 66.8. The topological polar surface area (TPSA) is 39.2 Å². The summed E-state index contributed by atoms with van der Waals surface area (Å²) in [6.45, 7) is 0. The highest BCUT2D eigenvalue weighted by Crippen LogP contribution is 2.55. The van der Waals surface area contributed by atoms with Crippen LogP contribution in [0.1, 0.15) is 0 Å². The average molecular weight is 1500 g/mol. The van der Waals surface area contributed by atoms with Crippen LogP contribution in [0, 0.1) is 0 Å². The minimum Gasteiger partial charge on any atom is -0.455 e. The summed E-state index contributed by atoms with van der Waals surface area (Å²) in [4.78, 5) is 9.87. The van der Waals surface area contributed by atoms with Gasteiger partial charge in [0.05, 0.1) is 45.5 Å². The number of nitrogens with zero attached hydrogens (tertiary/aromatic N) is 4. The van der Waals surface area contributed by atoms with E-state index in [-0.39, 0.29) is 0 Å². The van der Waals surface area contributed by atoms with E-state index in [1.807, 2.05) is 0 Å². The molecule has 2 aromatic heterocycles. The van der Waals surface area contributed by atoms with Crippen molar-refractivity contribution in [3.63, 3.8) is 0 Å². The van der Waals surface area contributed by atoms with Crippen molar-refractivity contribution in [2.45, 2.75) is 0 Å². The minimum absolute atomic E-state index is 0.847. The zero-order valence-electron chi connectivity index (χ0n) is 64.0. The van der Waals surface area contributed by atoms with Gasteiger partial charge >= 0.3 is 0 Å². The van der Waals surface area contributed by atoms with E-state index in [1.165, 1.54) is 37.7 Å². The van der Waals surface area contributed by atoms with Crippen molar-refractivity contribution in [2.24, 2.45) is 0 Å². The van der Waals surface area contributed by atoms with Gasteiger partial charge in [-0.05, 0) is 151 Å². The minimum atomic E-state index is 0.847. The van der Waals surface area contributed by atoms with Crippen LogP contribution in [0.25, 0.3) is 163 Å². The van der Waals surface area contributed by atoms with Gasteiger partial charge in [-0.15, -0.1) is 0 Å². The monoisotopic (exact) mass is 1500 g/mol. The fourth-order valence-corrected chi connectivity index (χ4v) is 19.2. The highest BCUT2D eigenvalue weighted by molar-refractivity contribution is 6.30. The molecule has 0 spiro atoms. The van der Waals surface area contributed by atoms with Crippen LogP contribution in [0.4, 0.5) is 68.2 Å². The van der Waals surface area contributed by atoms with Crippen molar-refractivity contribution < 1.29 is 8.83 Å². The lowest BCUT2D eigenvalue weighted by Gasteiger charge is -2.29. The second kappa shape index (κ2) is 27.0. The Labute approximate surface area is 679 Å². The molecule has 550 valence electrons. The molecule has 0 amide bonds. The number of anilines is 12. The second-order valence-electron chi connectivity index (χ2n) is 30.9. The molecule has 24 aromatic rings. The molecule has 0 unspecified atom stereocenters. The second-order valence-corrected chi connectivity index (χ2v) is 30.9. The van der Waals surface area contributed by atoms with Crippen molar-refractivity contribution in [3.8, 4) is 11.1 Å². The van der Waals surface area contributed by atoms with Crippen LogP contribution in [0.3, 0.4) is 0 Å². The molecule has 0 fully saturated rings. The number of rotatable bonds is 13. The SMILES string of the molecule is c1ccc(N(c2cccc3ccccc23)c2cc3c4cc(N(c5ccc(-c6cccc7cc(N(c8ccccc8)c8cc9c%10cc(N(c%11ccccc%11)c%11cc%12ccccc%12c%12ccccc%11%12)c%11ccccc%11c%10oc9c9ccccc89)c8ccccc8c67)cc5)c5cccc6ccccc56)c5ccccc5c4oc3c3ccccc23)cc1. The van der Waals surface area contributed by atoms with Crippen molar-refractivity contribution in [2.75, 3.05) is 19.6 Å². The summed E-state index contributed by atoms with van der Waals surface area (Å²) in [6, 6.07) is 155. The molecule has 6 nitrogen and oxygen atoms in total. The van der Waals surface area contributed by atoms with Crippen molar-refractivity contribution in [1.29, 1.82) is 0 Å². The molecule has 0 aliphatic heterocycles. The third-order valence-corrected chi connectivity index (χ3v) is 24.4. The molecule has 0 atom stereocenters. The molecular formula is C112H70N4O2. The molecule has 0 saturated heterocycles. The van der Waals surface area contributed by atoms with Crippen LogP contribution in [0.5, 0.6) is 0 Å². The molecule has 0 bridgehead atoms. The van der Waals surface area contributed by atoms with E-state index < -0.39 is 0 Å². The Morgan fingerprint density at radius 2 is 0.407 bits per heavy atom. The number of furan rings is 2. The fourth-order valence-electron chi connectivity index (χ4n) is 19.2. The molecule has 118 heavy (non-hydrogen) atoms. The lowest BCUT2D eigenvalue weighted by Crippen LogP contribution is -2.11.